The molecule has 0 spiro atoms. The minimum atomic E-state index is -4.47. The Bertz CT molecular complexity index is 499. The van der Waals surface area contributed by atoms with Crippen molar-refractivity contribution in [2.75, 3.05) is 5.73 Å². The topological polar surface area (TPSA) is 43.1 Å². The summed E-state index contributed by atoms with van der Waals surface area (Å²) in [6.45, 7) is 5.10. The fourth-order valence-corrected chi connectivity index (χ4v) is 2.18. The van der Waals surface area contributed by atoms with Crippen molar-refractivity contribution < 1.29 is 18.0 Å². The van der Waals surface area contributed by atoms with Crippen LogP contribution >= 0.6 is 11.6 Å². The van der Waals surface area contributed by atoms with E-state index in [0.717, 1.165) is 12.1 Å². The molecule has 0 fully saturated rings. The molecule has 0 aliphatic heterocycles. The maximum absolute atomic E-state index is 12.6. The Kier molecular flexibility index (Phi) is 4.20. The van der Waals surface area contributed by atoms with Crippen LogP contribution in [0.15, 0.2) is 18.2 Å². The van der Waals surface area contributed by atoms with Crippen molar-refractivity contribution in [3.8, 4) is 0 Å². The van der Waals surface area contributed by atoms with Gasteiger partial charge in [-0.1, -0.05) is 19.9 Å². The molecule has 0 radical (unpaired) electrons. The molecule has 0 heterocycles. The molecule has 1 aromatic carbocycles. The maximum atomic E-state index is 12.6. The van der Waals surface area contributed by atoms with Crippen molar-refractivity contribution in [2.24, 2.45) is 5.92 Å². The zero-order valence-electron chi connectivity index (χ0n) is 10.8. The highest BCUT2D eigenvalue weighted by molar-refractivity contribution is 6.65. The molecule has 1 aromatic rings. The quantitative estimate of drug-likeness (QED) is 0.677. The first-order valence-electron chi connectivity index (χ1n) is 5.68. The Morgan fingerprint density at radius 2 is 1.84 bits per heavy atom. The van der Waals surface area contributed by atoms with E-state index >= 15 is 0 Å². The van der Waals surface area contributed by atoms with E-state index in [9.17, 15) is 18.0 Å². The third-order valence-corrected chi connectivity index (χ3v) is 3.89. The normalized spacial score (nSPS) is 15.4. The molecule has 2 N–H and O–H groups in total. The van der Waals surface area contributed by atoms with E-state index in [1.807, 2.05) is 0 Å². The summed E-state index contributed by atoms with van der Waals surface area (Å²) in [5.41, 5.74) is 3.94. The van der Waals surface area contributed by atoms with Crippen LogP contribution in [-0.2, 0) is 16.4 Å². The average molecular weight is 294 g/mol. The summed E-state index contributed by atoms with van der Waals surface area (Å²) in [6, 6.07) is 2.96. The monoisotopic (exact) mass is 293 g/mol. The predicted molar refractivity (Wildman–Crippen MR) is 68.9 cm³/mol. The second kappa shape index (κ2) is 5.04. The van der Waals surface area contributed by atoms with Gasteiger partial charge in [-0.15, -0.1) is 0 Å². The van der Waals surface area contributed by atoms with E-state index in [2.05, 4.69) is 0 Å². The summed E-state index contributed by atoms with van der Waals surface area (Å²) in [5, 5.41) is -0.644. The standard InChI is InChI=1S/C13H15ClF3NO/c1-7(2)12(3,11(14)19)9-5-4-8(6-10(9)18)13(15,16)17/h4-7H,18H2,1-3H3. The third kappa shape index (κ3) is 2.86. The largest absolute Gasteiger partial charge is 0.416 e. The molecule has 6 heteroatoms. The van der Waals surface area contributed by atoms with Crippen LogP contribution in [0.25, 0.3) is 0 Å². The Morgan fingerprint density at radius 1 is 1.32 bits per heavy atom. The Labute approximate surface area is 114 Å². The number of nitrogen functional groups attached to an aromatic ring is 1. The second-order valence-electron chi connectivity index (χ2n) is 4.93. The van der Waals surface area contributed by atoms with Gasteiger partial charge in [0.2, 0.25) is 5.24 Å². The first kappa shape index (κ1) is 15.8. The fraction of sp³-hybridized carbons (Fsp3) is 0.462. The van der Waals surface area contributed by atoms with Gasteiger partial charge < -0.3 is 5.73 Å². The average Bonchev–Trinajstić information content (AvgIpc) is 2.25. The highest BCUT2D eigenvalue weighted by Gasteiger charge is 2.40. The lowest BCUT2D eigenvalue weighted by molar-refractivity contribution is -0.137. The molecule has 0 bridgehead atoms. The van der Waals surface area contributed by atoms with Crippen molar-refractivity contribution in [1.82, 2.24) is 0 Å². The Morgan fingerprint density at radius 3 is 2.16 bits per heavy atom. The number of hydrogen-bond acceptors (Lipinski definition) is 2. The smallest absolute Gasteiger partial charge is 0.398 e. The van der Waals surface area contributed by atoms with E-state index in [-0.39, 0.29) is 11.6 Å². The van der Waals surface area contributed by atoms with Gasteiger partial charge in [0.1, 0.15) is 0 Å². The zero-order valence-corrected chi connectivity index (χ0v) is 11.6. The van der Waals surface area contributed by atoms with Crippen LogP contribution in [0.5, 0.6) is 0 Å². The van der Waals surface area contributed by atoms with E-state index in [1.165, 1.54) is 6.07 Å². The SMILES string of the molecule is CC(C)C(C)(C(=O)Cl)c1ccc(C(F)(F)F)cc1N. The third-order valence-electron chi connectivity index (χ3n) is 3.50. The van der Waals surface area contributed by atoms with Crippen molar-refractivity contribution in [1.29, 1.82) is 0 Å². The van der Waals surface area contributed by atoms with Gasteiger partial charge in [-0.25, -0.2) is 0 Å². The molecule has 0 saturated heterocycles. The molecule has 106 valence electrons. The molecule has 0 aliphatic rings. The molecule has 1 rings (SSSR count). The molecule has 1 atom stereocenters. The van der Waals surface area contributed by atoms with Gasteiger partial charge >= 0.3 is 6.18 Å². The number of nitrogens with two attached hydrogens (primary N) is 1. The number of anilines is 1. The number of benzene rings is 1. The summed E-state index contributed by atoms with van der Waals surface area (Å²) in [4.78, 5) is 11.6. The summed E-state index contributed by atoms with van der Waals surface area (Å²) in [5.74, 6) is -0.198. The van der Waals surface area contributed by atoms with Crippen LogP contribution in [0.4, 0.5) is 18.9 Å². The lowest BCUT2D eigenvalue weighted by Gasteiger charge is -2.31. The Hall–Kier alpha value is -1.23. The molecule has 0 aliphatic carbocycles. The molecule has 0 saturated carbocycles. The molecular formula is C13H15ClF3NO. The van der Waals surface area contributed by atoms with Gasteiger partial charge in [-0.05, 0) is 42.1 Å². The van der Waals surface area contributed by atoms with Gasteiger partial charge in [0.25, 0.3) is 0 Å². The number of hydrogen-bond donors (Lipinski definition) is 1. The van der Waals surface area contributed by atoms with Crippen LogP contribution in [0.3, 0.4) is 0 Å². The van der Waals surface area contributed by atoms with Gasteiger partial charge in [-0.3, -0.25) is 4.79 Å². The number of halogens is 4. The minimum absolute atomic E-state index is 0.0833. The van der Waals surface area contributed by atoms with Crippen molar-refractivity contribution in [2.45, 2.75) is 32.4 Å². The minimum Gasteiger partial charge on any atom is -0.398 e. The second-order valence-corrected chi connectivity index (χ2v) is 5.27. The highest BCUT2D eigenvalue weighted by Crippen LogP contribution is 2.40. The lowest BCUT2D eigenvalue weighted by Crippen LogP contribution is -2.36. The van der Waals surface area contributed by atoms with Crippen molar-refractivity contribution >= 4 is 22.5 Å². The molecule has 2 nitrogen and oxygen atoms in total. The maximum Gasteiger partial charge on any atom is 0.416 e. The lowest BCUT2D eigenvalue weighted by atomic mass is 9.73. The van der Waals surface area contributed by atoms with E-state index in [4.69, 9.17) is 17.3 Å². The van der Waals surface area contributed by atoms with E-state index < -0.39 is 22.4 Å². The summed E-state index contributed by atoms with van der Waals surface area (Å²) < 4.78 is 37.7. The first-order valence-corrected chi connectivity index (χ1v) is 6.06. The van der Waals surface area contributed by atoms with Crippen LogP contribution in [0.1, 0.15) is 31.9 Å². The van der Waals surface area contributed by atoms with Gasteiger partial charge in [-0.2, -0.15) is 13.2 Å². The molecule has 19 heavy (non-hydrogen) atoms. The van der Waals surface area contributed by atoms with Crippen LogP contribution < -0.4 is 5.73 Å². The zero-order chi connectivity index (χ0) is 15.0. The highest BCUT2D eigenvalue weighted by atomic mass is 35.5. The first-order chi connectivity index (χ1) is 8.51. The number of rotatable bonds is 3. The van der Waals surface area contributed by atoms with Crippen molar-refractivity contribution in [3.05, 3.63) is 29.3 Å². The van der Waals surface area contributed by atoms with E-state index in [0.29, 0.717) is 5.56 Å². The van der Waals surface area contributed by atoms with Crippen molar-refractivity contribution in [3.63, 3.8) is 0 Å². The Balaban J connectivity index is 3.41. The van der Waals surface area contributed by atoms with Crippen LogP contribution in [0.2, 0.25) is 0 Å². The number of carbonyl (C=O) groups excluding carboxylic acids is 1. The number of alkyl halides is 3. The summed E-state index contributed by atoms with van der Waals surface area (Å²) in [6.07, 6.45) is -4.47. The predicted octanol–water partition coefficient (Wildman–Crippen LogP) is 3.97. The summed E-state index contributed by atoms with van der Waals surface area (Å²) >= 11 is 5.60. The molecule has 0 aromatic heterocycles. The fourth-order valence-electron chi connectivity index (χ4n) is 1.86. The van der Waals surface area contributed by atoms with Crippen LogP contribution in [0, 0.1) is 5.92 Å². The van der Waals surface area contributed by atoms with Gasteiger partial charge in [0.05, 0.1) is 11.0 Å². The van der Waals surface area contributed by atoms with Gasteiger partial charge in [0, 0.05) is 5.69 Å². The summed E-state index contributed by atoms with van der Waals surface area (Å²) in [7, 11) is 0. The number of carbonyl (C=O) groups is 1. The molecule has 1 unspecified atom stereocenters. The van der Waals surface area contributed by atoms with Gasteiger partial charge in [0.15, 0.2) is 0 Å². The van der Waals surface area contributed by atoms with E-state index in [1.54, 1.807) is 20.8 Å². The molecular weight excluding hydrogens is 279 g/mol. The van der Waals surface area contributed by atoms with Crippen LogP contribution in [-0.4, -0.2) is 5.24 Å². The molecule has 0 amide bonds.